The molecule has 30 heavy (non-hydrogen) atoms. The van der Waals surface area contributed by atoms with Gasteiger partial charge in [0.15, 0.2) is 12.4 Å². The zero-order chi connectivity index (χ0) is 22.1. The molecule has 0 saturated heterocycles. The first-order valence-electron chi connectivity index (χ1n) is 9.28. The predicted octanol–water partition coefficient (Wildman–Crippen LogP) is 3.56. The van der Waals surface area contributed by atoms with Gasteiger partial charge in [-0.2, -0.15) is 0 Å². The smallest absolute Gasteiger partial charge is 0.311 e. The number of carbonyl (C=O) groups is 2. The first-order valence-corrected chi connectivity index (χ1v) is 9.28. The molecule has 2 rings (SSSR count). The number of anilines is 1. The summed E-state index contributed by atoms with van der Waals surface area (Å²) in [5, 5.41) is 13.6. The Morgan fingerprint density at radius 2 is 1.93 bits per heavy atom. The van der Waals surface area contributed by atoms with E-state index in [-0.39, 0.29) is 17.9 Å². The number of hydrogen-bond donors (Lipinski definition) is 1. The number of esters is 1. The summed E-state index contributed by atoms with van der Waals surface area (Å²) in [5.74, 6) is -0.322. The van der Waals surface area contributed by atoms with Gasteiger partial charge in [0.05, 0.1) is 18.6 Å². The lowest BCUT2D eigenvalue weighted by Crippen LogP contribution is -2.21. The van der Waals surface area contributed by atoms with Crippen molar-refractivity contribution in [2.24, 2.45) is 0 Å². The molecule has 2 aromatic rings. The molecule has 0 aliphatic heterocycles. The van der Waals surface area contributed by atoms with Crippen molar-refractivity contribution in [1.29, 1.82) is 0 Å². The van der Waals surface area contributed by atoms with Crippen LogP contribution in [0.3, 0.4) is 0 Å². The second kappa shape index (κ2) is 10.8. The van der Waals surface area contributed by atoms with Gasteiger partial charge in [-0.3, -0.25) is 19.7 Å². The van der Waals surface area contributed by atoms with Crippen LogP contribution in [0.4, 0.5) is 11.4 Å². The lowest BCUT2D eigenvalue weighted by Gasteiger charge is -2.11. The Bertz CT molecular complexity index is 928. The first kappa shape index (κ1) is 22.7. The van der Waals surface area contributed by atoms with Crippen LogP contribution < -0.4 is 14.8 Å². The summed E-state index contributed by atoms with van der Waals surface area (Å²) < 4.78 is 15.5. The first-order chi connectivity index (χ1) is 14.3. The summed E-state index contributed by atoms with van der Waals surface area (Å²) in [5.41, 5.74) is 1.70. The minimum Gasteiger partial charge on any atom is -0.494 e. The van der Waals surface area contributed by atoms with Gasteiger partial charge in [-0.25, -0.2) is 0 Å². The van der Waals surface area contributed by atoms with E-state index in [2.05, 4.69) is 5.32 Å². The Labute approximate surface area is 174 Å². The van der Waals surface area contributed by atoms with E-state index in [0.29, 0.717) is 24.3 Å². The average molecular weight is 416 g/mol. The van der Waals surface area contributed by atoms with Gasteiger partial charge < -0.3 is 19.5 Å². The molecule has 0 aromatic heterocycles. The number of nitro benzene ring substituents is 1. The van der Waals surface area contributed by atoms with Gasteiger partial charge in [-0.1, -0.05) is 12.1 Å². The van der Waals surface area contributed by atoms with E-state index in [1.165, 1.54) is 19.2 Å². The molecular formula is C21H24N2O7. The van der Waals surface area contributed by atoms with Crippen LogP contribution in [0, 0.1) is 24.0 Å². The van der Waals surface area contributed by atoms with Crippen LogP contribution >= 0.6 is 0 Å². The van der Waals surface area contributed by atoms with Crippen molar-refractivity contribution < 1.29 is 28.7 Å². The summed E-state index contributed by atoms with van der Waals surface area (Å²) in [7, 11) is 1.30. The summed E-state index contributed by atoms with van der Waals surface area (Å²) in [6, 6.07) is 10.2. The minimum absolute atomic E-state index is 0.0199. The largest absolute Gasteiger partial charge is 0.494 e. The highest BCUT2D eigenvalue weighted by Crippen LogP contribution is 2.32. The number of amides is 1. The molecule has 0 unspecified atom stereocenters. The molecule has 0 heterocycles. The second-order valence-electron chi connectivity index (χ2n) is 6.57. The topological polar surface area (TPSA) is 117 Å². The molecule has 0 aliphatic rings. The molecule has 0 aliphatic carbocycles. The van der Waals surface area contributed by atoms with Gasteiger partial charge in [0.25, 0.3) is 5.91 Å². The van der Waals surface area contributed by atoms with E-state index in [1.807, 2.05) is 31.2 Å². The molecule has 1 amide bonds. The molecular weight excluding hydrogens is 392 g/mol. The van der Waals surface area contributed by atoms with E-state index >= 15 is 0 Å². The third kappa shape index (κ3) is 6.77. The molecule has 160 valence electrons. The summed E-state index contributed by atoms with van der Waals surface area (Å²) >= 11 is 0. The van der Waals surface area contributed by atoms with Crippen LogP contribution in [-0.2, 0) is 14.3 Å². The predicted molar refractivity (Wildman–Crippen MR) is 110 cm³/mol. The number of benzene rings is 2. The zero-order valence-corrected chi connectivity index (χ0v) is 17.1. The number of aryl methyl sites for hydroxylation is 2. The Hall–Kier alpha value is -3.62. The van der Waals surface area contributed by atoms with E-state index in [0.717, 1.165) is 11.3 Å². The lowest BCUT2D eigenvalue weighted by atomic mass is 10.1. The van der Waals surface area contributed by atoms with Crippen molar-refractivity contribution in [2.75, 3.05) is 25.6 Å². The van der Waals surface area contributed by atoms with Crippen LogP contribution in [-0.4, -0.2) is 37.1 Å². The van der Waals surface area contributed by atoms with Crippen molar-refractivity contribution in [3.63, 3.8) is 0 Å². The Balaban J connectivity index is 1.76. The van der Waals surface area contributed by atoms with Crippen molar-refractivity contribution in [1.82, 2.24) is 0 Å². The summed E-state index contributed by atoms with van der Waals surface area (Å²) in [4.78, 5) is 34.3. The molecule has 0 radical (unpaired) electrons. The zero-order valence-electron chi connectivity index (χ0n) is 17.1. The van der Waals surface area contributed by atoms with Gasteiger partial charge >= 0.3 is 11.7 Å². The molecule has 0 bridgehead atoms. The highest BCUT2D eigenvalue weighted by Gasteiger charge is 2.18. The van der Waals surface area contributed by atoms with Gasteiger partial charge in [0, 0.05) is 24.2 Å². The van der Waals surface area contributed by atoms with Crippen molar-refractivity contribution in [3.8, 4) is 11.5 Å². The van der Waals surface area contributed by atoms with Crippen molar-refractivity contribution >= 4 is 23.3 Å². The van der Waals surface area contributed by atoms with Crippen LogP contribution in [0.5, 0.6) is 11.5 Å². The van der Waals surface area contributed by atoms with Crippen LogP contribution in [0.15, 0.2) is 36.4 Å². The normalized spacial score (nSPS) is 10.2. The van der Waals surface area contributed by atoms with Crippen LogP contribution in [0.1, 0.15) is 24.0 Å². The average Bonchev–Trinajstić information content (AvgIpc) is 2.70. The maximum absolute atomic E-state index is 12.0. The molecule has 9 nitrogen and oxygen atoms in total. The maximum Gasteiger partial charge on any atom is 0.311 e. The van der Waals surface area contributed by atoms with Gasteiger partial charge in [0.1, 0.15) is 5.75 Å². The van der Waals surface area contributed by atoms with E-state index < -0.39 is 23.4 Å². The van der Waals surface area contributed by atoms with E-state index in [4.69, 9.17) is 14.2 Å². The van der Waals surface area contributed by atoms with E-state index in [9.17, 15) is 19.7 Å². The molecule has 0 saturated carbocycles. The summed E-state index contributed by atoms with van der Waals surface area (Å²) in [6.07, 6.45) is 0.566. The number of nitro groups is 1. The number of nitrogens with zero attached hydrogens (tertiary/aromatic N) is 1. The molecule has 9 heteroatoms. The molecule has 0 fully saturated rings. The quantitative estimate of drug-likeness (QED) is 0.272. The third-order valence-corrected chi connectivity index (χ3v) is 4.14. The van der Waals surface area contributed by atoms with Gasteiger partial charge in [-0.15, -0.1) is 0 Å². The second-order valence-corrected chi connectivity index (χ2v) is 6.57. The highest BCUT2D eigenvalue weighted by molar-refractivity contribution is 5.94. The van der Waals surface area contributed by atoms with Crippen LogP contribution in [0.2, 0.25) is 0 Å². The molecule has 2 aromatic carbocycles. The Kier molecular flexibility index (Phi) is 8.16. The van der Waals surface area contributed by atoms with E-state index in [1.54, 1.807) is 6.92 Å². The maximum atomic E-state index is 12.0. The number of carbonyl (C=O) groups excluding carboxylic acids is 2. The highest BCUT2D eigenvalue weighted by atomic mass is 16.6. The molecule has 1 N–H and O–H groups in total. The number of ether oxygens (including phenoxy) is 3. The minimum atomic E-state index is -0.568. The third-order valence-electron chi connectivity index (χ3n) is 4.14. The number of methoxy groups -OCH3 is 1. The van der Waals surface area contributed by atoms with Gasteiger partial charge in [0.2, 0.25) is 0 Å². The Morgan fingerprint density at radius 3 is 2.60 bits per heavy atom. The fourth-order valence-corrected chi connectivity index (χ4v) is 2.63. The monoisotopic (exact) mass is 416 g/mol. The number of nitrogens with one attached hydrogen (secondary N) is 1. The standard InChI is InChI=1S/C21H24N2O7/c1-14-6-4-7-16(10-14)29-9-5-8-21(25)30-13-20(24)22-17-12-19(28-3)18(23(26)27)11-15(17)2/h4,6-7,10-12H,5,8-9,13H2,1-3H3,(H,22,24). The van der Waals surface area contributed by atoms with Crippen LogP contribution in [0.25, 0.3) is 0 Å². The SMILES string of the molecule is COc1cc(NC(=O)COC(=O)CCCOc2cccc(C)c2)c(C)cc1[N+](=O)[O-]. The van der Waals surface area contributed by atoms with Crippen molar-refractivity contribution in [2.45, 2.75) is 26.7 Å². The molecule has 0 spiro atoms. The fraction of sp³-hybridized carbons (Fsp3) is 0.333. The summed E-state index contributed by atoms with van der Waals surface area (Å²) in [6.45, 7) is 3.47. The number of rotatable bonds is 10. The number of hydrogen-bond acceptors (Lipinski definition) is 7. The lowest BCUT2D eigenvalue weighted by molar-refractivity contribution is -0.385. The molecule has 0 atom stereocenters. The Morgan fingerprint density at radius 1 is 1.17 bits per heavy atom. The fourth-order valence-electron chi connectivity index (χ4n) is 2.63. The van der Waals surface area contributed by atoms with Crippen molar-refractivity contribution in [3.05, 3.63) is 57.6 Å². The van der Waals surface area contributed by atoms with Gasteiger partial charge in [-0.05, 0) is 43.5 Å².